The number of allylic oxidation sites excluding steroid dienone is 4. The zero-order chi connectivity index (χ0) is 32.7. The molecule has 0 saturated carbocycles. The molecular formula is C46H33OP. The topological polar surface area (TPSA) is 17.1 Å². The van der Waals surface area contributed by atoms with E-state index in [2.05, 4.69) is 141 Å². The van der Waals surface area contributed by atoms with Crippen LogP contribution in [0.4, 0.5) is 0 Å². The lowest BCUT2D eigenvalue weighted by Crippen LogP contribution is -2.17. The molecule has 8 aromatic rings. The van der Waals surface area contributed by atoms with Gasteiger partial charge in [-0.1, -0.05) is 171 Å². The fraction of sp³-hybridized carbons (Fsp3) is 0. The van der Waals surface area contributed by atoms with Gasteiger partial charge >= 0.3 is 0 Å². The first kappa shape index (κ1) is 29.6. The van der Waals surface area contributed by atoms with Gasteiger partial charge in [-0.3, -0.25) is 0 Å². The summed E-state index contributed by atoms with van der Waals surface area (Å²) in [5.41, 5.74) is 4.57. The number of hydrogen-bond donors (Lipinski definition) is 0. The van der Waals surface area contributed by atoms with Crippen molar-refractivity contribution in [2.75, 3.05) is 0 Å². The Morgan fingerprint density at radius 2 is 0.958 bits per heavy atom. The standard InChI is InChI=1S/C46H33OP/c1-3-14-38(4-2)48(47,39-19-6-5-7-20-39)40-27-28-43-44(31-40)46(37-26-24-33-16-9-11-18-35(33)30-37)42-22-13-12-21-41(42)45(43)36-25-23-32-15-8-10-17-34(32)29-36/h3-31H,1-2H2/b38-14+. The van der Waals surface area contributed by atoms with E-state index in [1.165, 1.54) is 32.5 Å². The van der Waals surface area contributed by atoms with E-state index in [9.17, 15) is 0 Å². The van der Waals surface area contributed by atoms with Crippen LogP contribution < -0.4 is 10.6 Å². The summed E-state index contributed by atoms with van der Waals surface area (Å²) >= 11 is 0. The first-order valence-electron chi connectivity index (χ1n) is 16.2. The summed E-state index contributed by atoms with van der Waals surface area (Å²) in [7, 11) is -3.31. The second-order valence-corrected chi connectivity index (χ2v) is 14.9. The maximum Gasteiger partial charge on any atom is 0.171 e. The summed E-state index contributed by atoms with van der Waals surface area (Å²) in [6.07, 6.45) is 5.24. The molecule has 48 heavy (non-hydrogen) atoms. The first-order valence-corrected chi connectivity index (χ1v) is 17.9. The summed E-state index contributed by atoms with van der Waals surface area (Å²) in [6.45, 7) is 8.02. The van der Waals surface area contributed by atoms with E-state index in [0.717, 1.165) is 43.5 Å². The minimum Gasteiger partial charge on any atom is -0.309 e. The molecule has 2 heteroatoms. The maximum absolute atomic E-state index is 15.6. The molecule has 0 aromatic heterocycles. The molecule has 0 N–H and O–H groups in total. The highest BCUT2D eigenvalue weighted by Gasteiger charge is 2.31. The first-order chi connectivity index (χ1) is 23.6. The second kappa shape index (κ2) is 12.1. The average Bonchev–Trinajstić information content (AvgIpc) is 3.15. The third kappa shape index (κ3) is 4.83. The van der Waals surface area contributed by atoms with Crippen LogP contribution in [0.1, 0.15) is 0 Å². The van der Waals surface area contributed by atoms with Gasteiger partial charge in [-0.15, -0.1) is 0 Å². The van der Waals surface area contributed by atoms with E-state index in [4.69, 9.17) is 0 Å². The number of rotatable bonds is 7. The smallest absolute Gasteiger partial charge is 0.171 e. The Morgan fingerprint density at radius 1 is 0.458 bits per heavy atom. The predicted octanol–water partition coefficient (Wildman–Crippen LogP) is 12.2. The summed E-state index contributed by atoms with van der Waals surface area (Å²) in [4.78, 5) is 0. The fourth-order valence-corrected chi connectivity index (χ4v) is 9.84. The minimum atomic E-state index is -3.31. The molecule has 8 aromatic carbocycles. The van der Waals surface area contributed by atoms with Crippen molar-refractivity contribution in [1.29, 1.82) is 0 Å². The van der Waals surface area contributed by atoms with Crippen LogP contribution in [0.2, 0.25) is 0 Å². The van der Waals surface area contributed by atoms with Crippen LogP contribution in [0.5, 0.6) is 0 Å². The molecule has 0 heterocycles. The molecule has 1 unspecified atom stereocenters. The molecular weight excluding hydrogens is 599 g/mol. The van der Waals surface area contributed by atoms with E-state index in [1.807, 2.05) is 36.4 Å². The molecule has 1 nitrogen and oxygen atoms in total. The van der Waals surface area contributed by atoms with Gasteiger partial charge in [0.05, 0.1) is 0 Å². The van der Waals surface area contributed by atoms with Crippen LogP contribution in [0.15, 0.2) is 194 Å². The molecule has 0 amide bonds. The van der Waals surface area contributed by atoms with Crippen molar-refractivity contribution in [3.63, 3.8) is 0 Å². The normalized spacial score (nSPS) is 13.1. The highest BCUT2D eigenvalue weighted by Crippen LogP contribution is 2.54. The molecule has 0 aliphatic carbocycles. The van der Waals surface area contributed by atoms with Gasteiger partial charge in [-0.05, 0) is 83.5 Å². The third-order valence-corrected chi connectivity index (χ3v) is 12.5. The van der Waals surface area contributed by atoms with Gasteiger partial charge in [-0.2, -0.15) is 0 Å². The van der Waals surface area contributed by atoms with Crippen molar-refractivity contribution >= 4 is 60.8 Å². The molecule has 0 fully saturated rings. The van der Waals surface area contributed by atoms with E-state index >= 15 is 4.57 Å². The molecule has 228 valence electrons. The lowest BCUT2D eigenvalue weighted by atomic mass is 9.85. The Morgan fingerprint density at radius 3 is 1.52 bits per heavy atom. The molecule has 0 aliphatic heterocycles. The molecule has 0 spiro atoms. The predicted molar refractivity (Wildman–Crippen MR) is 209 cm³/mol. The van der Waals surface area contributed by atoms with Crippen molar-refractivity contribution in [3.8, 4) is 22.3 Å². The van der Waals surface area contributed by atoms with Crippen molar-refractivity contribution in [2.24, 2.45) is 0 Å². The summed E-state index contributed by atoms with van der Waals surface area (Å²) < 4.78 is 15.6. The third-order valence-electron chi connectivity index (χ3n) is 9.43. The van der Waals surface area contributed by atoms with E-state index in [0.29, 0.717) is 5.31 Å². The highest BCUT2D eigenvalue weighted by atomic mass is 31.2. The van der Waals surface area contributed by atoms with Crippen LogP contribution in [0.3, 0.4) is 0 Å². The SMILES string of the molecule is C=C/C=C(\C=C)P(=O)(c1ccccc1)c1ccc2c(-c3ccc4ccccc4c3)c3ccccc3c(-c3ccc4ccccc4c3)c2c1. The number of fused-ring (bicyclic) bond motifs is 4. The zero-order valence-electron chi connectivity index (χ0n) is 26.5. The number of hydrogen-bond acceptors (Lipinski definition) is 1. The Balaban J connectivity index is 1.53. The Labute approximate surface area is 281 Å². The van der Waals surface area contributed by atoms with E-state index in [-0.39, 0.29) is 0 Å². The van der Waals surface area contributed by atoms with Crippen molar-refractivity contribution < 1.29 is 4.57 Å². The number of benzene rings is 8. The van der Waals surface area contributed by atoms with Gasteiger partial charge in [-0.25, -0.2) is 0 Å². The molecule has 0 bridgehead atoms. The van der Waals surface area contributed by atoms with Gasteiger partial charge in [0.2, 0.25) is 0 Å². The lowest BCUT2D eigenvalue weighted by molar-refractivity contribution is 0.591. The fourth-order valence-electron chi connectivity index (χ4n) is 7.18. The lowest BCUT2D eigenvalue weighted by Gasteiger charge is -2.23. The van der Waals surface area contributed by atoms with Gasteiger partial charge in [0.25, 0.3) is 0 Å². The van der Waals surface area contributed by atoms with Crippen LogP contribution in [-0.4, -0.2) is 0 Å². The Hall–Kier alpha value is -5.75. The largest absolute Gasteiger partial charge is 0.309 e. The van der Waals surface area contributed by atoms with Crippen LogP contribution >= 0.6 is 7.14 Å². The van der Waals surface area contributed by atoms with Crippen LogP contribution in [0.25, 0.3) is 65.3 Å². The van der Waals surface area contributed by atoms with Crippen molar-refractivity contribution in [1.82, 2.24) is 0 Å². The molecule has 0 radical (unpaired) electrons. The highest BCUT2D eigenvalue weighted by molar-refractivity contribution is 7.82. The monoisotopic (exact) mass is 632 g/mol. The minimum absolute atomic E-state index is 0.658. The van der Waals surface area contributed by atoms with Crippen LogP contribution in [0, 0.1) is 0 Å². The van der Waals surface area contributed by atoms with Crippen molar-refractivity contribution in [3.05, 3.63) is 194 Å². The van der Waals surface area contributed by atoms with Gasteiger partial charge in [0.15, 0.2) is 7.14 Å². The zero-order valence-corrected chi connectivity index (χ0v) is 27.4. The summed E-state index contributed by atoms with van der Waals surface area (Å²) in [5.74, 6) is 0. The van der Waals surface area contributed by atoms with E-state index in [1.54, 1.807) is 12.2 Å². The Bertz CT molecular complexity index is 2630. The quantitative estimate of drug-likeness (QED) is 0.0971. The molecule has 1 atom stereocenters. The second-order valence-electron chi connectivity index (χ2n) is 12.1. The maximum atomic E-state index is 15.6. The summed E-state index contributed by atoms with van der Waals surface area (Å²) in [5, 5.41) is 11.5. The molecule has 0 saturated heterocycles. The molecule has 0 aliphatic rings. The van der Waals surface area contributed by atoms with E-state index < -0.39 is 7.14 Å². The van der Waals surface area contributed by atoms with Crippen LogP contribution in [-0.2, 0) is 4.57 Å². The Kier molecular flexibility index (Phi) is 7.48. The summed E-state index contributed by atoms with van der Waals surface area (Å²) in [6, 6.07) is 55.2. The molecule has 8 rings (SSSR count). The average molecular weight is 633 g/mol. The van der Waals surface area contributed by atoms with Crippen molar-refractivity contribution in [2.45, 2.75) is 0 Å². The van der Waals surface area contributed by atoms with Gasteiger partial charge in [0, 0.05) is 15.9 Å². The van der Waals surface area contributed by atoms with Gasteiger partial charge < -0.3 is 4.57 Å². The van der Waals surface area contributed by atoms with Gasteiger partial charge in [0.1, 0.15) is 0 Å².